The normalized spacial score (nSPS) is 13.9. The Bertz CT molecular complexity index is 1140. The Morgan fingerprint density at radius 2 is 1.74 bits per heavy atom. The van der Waals surface area contributed by atoms with Crippen molar-refractivity contribution >= 4 is 17.7 Å². The van der Waals surface area contributed by atoms with Gasteiger partial charge in [0.15, 0.2) is 5.82 Å². The lowest BCUT2D eigenvalue weighted by molar-refractivity contribution is -0.146. The number of nitrogen functional groups attached to an aromatic ring is 1. The Kier molecular flexibility index (Phi) is 7.22. The van der Waals surface area contributed by atoms with E-state index in [1.165, 1.54) is 12.4 Å². The summed E-state index contributed by atoms with van der Waals surface area (Å²) in [7, 11) is 0. The Morgan fingerprint density at radius 3 is 2.35 bits per heavy atom. The van der Waals surface area contributed by atoms with Crippen molar-refractivity contribution in [1.82, 2.24) is 19.9 Å². The minimum atomic E-state index is -0.228. The monoisotopic (exact) mass is 458 g/mol. The van der Waals surface area contributed by atoms with Crippen molar-refractivity contribution in [3.05, 3.63) is 77.9 Å². The van der Waals surface area contributed by atoms with Crippen LogP contribution in [0.15, 0.2) is 61.2 Å². The van der Waals surface area contributed by atoms with E-state index in [1.807, 2.05) is 6.07 Å². The number of carbonyl (C=O) groups excluding carboxylic acids is 2. The standard InChI is InChI=1S/C25H26N6O3/c26-23(27)19-3-5-20(6-4-19)24-29-14-21(15-30-24)25(33)31-10-7-17(8-11-31)12-22(32)34-16-18-2-1-9-28-13-18/h1-6,9,13-15,17H,7-8,10-12,16H2,(H3,26,27). The van der Waals surface area contributed by atoms with Gasteiger partial charge in [0.25, 0.3) is 5.91 Å². The van der Waals surface area contributed by atoms with Gasteiger partial charge in [-0.3, -0.25) is 20.0 Å². The zero-order valence-electron chi connectivity index (χ0n) is 18.7. The molecule has 1 saturated heterocycles. The molecule has 4 rings (SSSR count). The number of nitrogens with two attached hydrogens (primary N) is 1. The van der Waals surface area contributed by atoms with Crippen molar-refractivity contribution < 1.29 is 14.3 Å². The molecule has 9 nitrogen and oxygen atoms in total. The molecule has 1 amide bonds. The molecular weight excluding hydrogens is 432 g/mol. The maximum Gasteiger partial charge on any atom is 0.306 e. The number of ether oxygens (including phenoxy) is 1. The molecule has 3 heterocycles. The van der Waals surface area contributed by atoms with Crippen LogP contribution in [0, 0.1) is 11.3 Å². The van der Waals surface area contributed by atoms with Gasteiger partial charge in [0.2, 0.25) is 0 Å². The molecule has 0 atom stereocenters. The first-order valence-corrected chi connectivity index (χ1v) is 11.1. The van der Waals surface area contributed by atoms with Crippen molar-refractivity contribution in [3.8, 4) is 11.4 Å². The van der Waals surface area contributed by atoms with Crippen LogP contribution in [0.5, 0.6) is 0 Å². The van der Waals surface area contributed by atoms with Gasteiger partial charge in [0.05, 0.1) is 5.56 Å². The van der Waals surface area contributed by atoms with Gasteiger partial charge < -0.3 is 15.4 Å². The summed E-state index contributed by atoms with van der Waals surface area (Å²) in [5.74, 6) is 0.348. The van der Waals surface area contributed by atoms with Crippen LogP contribution < -0.4 is 5.73 Å². The van der Waals surface area contributed by atoms with Crippen molar-refractivity contribution in [2.24, 2.45) is 11.7 Å². The minimum Gasteiger partial charge on any atom is -0.461 e. The Morgan fingerprint density at radius 1 is 1.03 bits per heavy atom. The molecule has 2 aromatic heterocycles. The Balaban J connectivity index is 1.26. The van der Waals surface area contributed by atoms with Crippen LogP contribution in [0.3, 0.4) is 0 Å². The summed E-state index contributed by atoms with van der Waals surface area (Å²) in [6.07, 6.45) is 8.26. The number of hydrogen-bond acceptors (Lipinski definition) is 7. The molecule has 9 heteroatoms. The summed E-state index contributed by atoms with van der Waals surface area (Å²) >= 11 is 0. The second-order valence-corrected chi connectivity index (χ2v) is 8.25. The molecule has 0 spiro atoms. The Labute approximate surface area is 197 Å². The van der Waals surface area contributed by atoms with Gasteiger partial charge in [-0.25, -0.2) is 9.97 Å². The summed E-state index contributed by atoms with van der Waals surface area (Å²) in [5, 5.41) is 7.46. The number of rotatable bonds is 7. The van der Waals surface area contributed by atoms with Crippen LogP contribution in [-0.2, 0) is 16.1 Å². The lowest BCUT2D eigenvalue weighted by Crippen LogP contribution is -2.39. The maximum absolute atomic E-state index is 12.9. The highest BCUT2D eigenvalue weighted by molar-refractivity contribution is 5.95. The van der Waals surface area contributed by atoms with Gasteiger partial charge in [-0.15, -0.1) is 0 Å². The second-order valence-electron chi connectivity index (χ2n) is 8.25. The van der Waals surface area contributed by atoms with Crippen LogP contribution in [-0.4, -0.2) is 50.7 Å². The van der Waals surface area contributed by atoms with Crippen LogP contribution in [0.2, 0.25) is 0 Å². The lowest BCUT2D eigenvalue weighted by Gasteiger charge is -2.31. The quantitative estimate of drug-likeness (QED) is 0.316. The van der Waals surface area contributed by atoms with Gasteiger partial charge in [-0.2, -0.15) is 0 Å². The maximum atomic E-state index is 12.9. The first-order valence-electron chi connectivity index (χ1n) is 11.1. The van der Waals surface area contributed by atoms with Crippen molar-refractivity contribution in [2.45, 2.75) is 25.9 Å². The molecule has 174 valence electrons. The van der Waals surface area contributed by atoms with Gasteiger partial charge in [0, 0.05) is 61.0 Å². The van der Waals surface area contributed by atoms with E-state index in [0.717, 1.165) is 24.0 Å². The molecule has 3 N–H and O–H groups in total. The van der Waals surface area contributed by atoms with Crippen LogP contribution in [0.25, 0.3) is 11.4 Å². The van der Waals surface area contributed by atoms with Crippen LogP contribution in [0.4, 0.5) is 0 Å². The number of likely N-dealkylation sites (tertiary alicyclic amines) is 1. The Hall–Kier alpha value is -4.14. The third-order valence-corrected chi connectivity index (χ3v) is 5.83. The molecule has 1 fully saturated rings. The van der Waals surface area contributed by atoms with E-state index in [4.69, 9.17) is 15.9 Å². The average Bonchev–Trinajstić information content (AvgIpc) is 2.88. The number of carbonyl (C=O) groups is 2. The fourth-order valence-electron chi connectivity index (χ4n) is 3.85. The molecule has 1 aliphatic heterocycles. The van der Waals surface area contributed by atoms with Crippen LogP contribution in [0.1, 0.15) is 40.7 Å². The SMILES string of the molecule is N=C(N)c1ccc(-c2ncc(C(=O)N3CCC(CC(=O)OCc4cccnc4)CC3)cn2)cc1. The summed E-state index contributed by atoms with van der Waals surface area (Å²) in [5.41, 5.74) is 8.17. The molecule has 0 unspecified atom stereocenters. The topological polar surface area (TPSA) is 135 Å². The fraction of sp³-hybridized carbons (Fsp3) is 0.280. The number of amidine groups is 1. The van der Waals surface area contributed by atoms with E-state index in [9.17, 15) is 9.59 Å². The number of hydrogen-bond donors (Lipinski definition) is 2. The van der Waals surface area contributed by atoms with Crippen molar-refractivity contribution in [2.75, 3.05) is 13.1 Å². The minimum absolute atomic E-state index is 0.00110. The molecular formula is C25H26N6O3. The molecule has 0 radical (unpaired) electrons. The number of aromatic nitrogens is 3. The third kappa shape index (κ3) is 5.80. The molecule has 0 aliphatic carbocycles. The molecule has 3 aromatic rings. The van der Waals surface area contributed by atoms with E-state index < -0.39 is 0 Å². The van der Waals surface area contributed by atoms with Gasteiger partial charge >= 0.3 is 5.97 Å². The number of amides is 1. The predicted molar refractivity (Wildman–Crippen MR) is 126 cm³/mol. The number of pyridine rings is 1. The van der Waals surface area contributed by atoms with E-state index >= 15 is 0 Å². The second kappa shape index (κ2) is 10.7. The number of nitrogens with zero attached hydrogens (tertiary/aromatic N) is 4. The lowest BCUT2D eigenvalue weighted by atomic mass is 9.93. The molecule has 0 bridgehead atoms. The molecule has 34 heavy (non-hydrogen) atoms. The van der Waals surface area contributed by atoms with E-state index in [1.54, 1.807) is 47.6 Å². The average molecular weight is 459 g/mol. The number of esters is 1. The smallest absolute Gasteiger partial charge is 0.306 e. The largest absolute Gasteiger partial charge is 0.461 e. The predicted octanol–water partition coefficient (Wildman–Crippen LogP) is 2.81. The summed E-state index contributed by atoms with van der Waals surface area (Å²) < 4.78 is 5.35. The van der Waals surface area contributed by atoms with E-state index in [0.29, 0.717) is 36.5 Å². The highest BCUT2D eigenvalue weighted by Crippen LogP contribution is 2.23. The zero-order valence-corrected chi connectivity index (χ0v) is 18.7. The molecule has 0 saturated carbocycles. The summed E-state index contributed by atoms with van der Waals surface area (Å²) in [6, 6.07) is 10.7. The first kappa shape index (κ1) is 23.0. The van der Waals surface area contributed by atoms with E-state index in [-0.39, 0.29) is 30.2 Å². The van der Waals surface area contributed by atoms with Gasteiger partial charge in [-0.05, 0) is 24.8 Å². The van der Waals surface area contributed by atoms with Crippen molar-refractivity contribution in [3.63, 3.8) is 0 Å². The van der Waals surface area contributed by atoms with Gasteiger partial charge in [-0.1, -0.05) is 30.3 Å². The number of benzene rings is 1. The fourth-order valence-corrected chi connectivity index (χ4v) is 3.85. The first-order chi connectivity index (χ1) is 16.5. The highest BCUT2D eigenvalue weighted by atomic mass is 16.5. The van der Waals surface area contributed by atoms with Crippen molar-refractivity contribution in [1.29, 1.82) is 5.41 Å². The van der Waals surface area contributed by atoms with Gasteiger partial charge in [0.1, 0.15) is 12.4 Å². The number of nitrogens with one attached hydrogen (secondary N) is 1. The highest BCUT2D eigenvalue weighted by Gasteiger charge is 2.26. The van der Waals surface area contributed by atoms with Crippen LogP contribution >= 0.6 is 0 Å². The third-order valence-electron chi connectivity index (χ3n) is 5.83. The number of piperidine rings is 1. The summed E-state index contributed by atoms with van der Waals surface area (Å²) in [4.78, 5) is 39.5. The summed E-state index contributed by atoms with van der Waals surface area (Å²) in [6.45, 7) is 1.38. The molecule has 1 aromatic carbocycles. The zero-order chi connectivity index (χ0) is 23.9. The van der Waals surface area contributed by atoms with E-state index in [2.05, 4.69) is 15.0 Å². The molecule has 1 aliphatic rings.